The van der Waals surface area contributed by atoms with E-state index in [0.717, 1.165) is 35.0 Å². The van der Waals surface area contributed by atoms with Crippen LogP contribution in [0.2, 0.25) is 5.02 Å². The zero-order chi connectivity index (χ0) is 14.9. The molecule has 4 heteroatoms. The van der Waals surface area contributed by atoms with Crippen LogP contribution in [0.15, 0.2) is 16.6 Å². The lowest BCUT2D eigenvalue weighted by atomic mass is 9.68. The van der Waals surface area contributed by atoms with Gasteiger partial charge in [-0.3, -0.25) is 4.79 Å². The zero-order valence-electron chi connectivity index (χ0n) is 12.2. The molecule has 2 nitrogen and oxygen atoms in total. The van der Waals surface area contributed by atoms with E-state index < -0.39 is 0 Å². The van der Waals surface area contributed by atoms with Crippen molar-refractivity contribution in [1.82, 2.24) is 0 Å². The Morgan fingerprint density at radius 1 is 1.40 bits per heavy atom. The molecule has 1 aliphatic carbocycles. The second kappa shape index (κ2) is 6.07. The highest BCUT2D eigenvalue weighted by molar-refractivity contribution is 9.10. The molecule has 20 heavy (non-hydrogen) atoms. The van der Waals surface area contributed by atoms with Gasteiger partial charge in [-0.2, -0.15) is 0 Å². The fraction of sp³-hybridized carbons (Fsp3) is 0.562. The van der Waals surface area contributed by atoms with Crippen molar-refractivity contribution < 1.29 is 4.79 Å². The number of carbonyl (C=O) groups excluding carboxylic acids is 1. The number of amides is 1. The lowest BCUT2D eigenvalue weighted by molar-refractivity contribution is -0.124. The van der Waals surface area contributed by atoms with Crippen LogP contribution in [0.4, 0.5) is 5.69 Å². The Kier molecular flexibility index (Phi) is 4.80. The summed E-state index contributed by atoms with van der Waals surface area (Å²) in [7, 11) is 0. The molecule has 0 saturated heterocycles. The molecule has 2 rings (SSSR count). The van der Waals surface area contributed by atoms with Crippen LogP contribution in [-0.2, 0) is 4.79 Å². The van der Waals surface area contributed by atoms with Gasteiger partial charge in [-0.15, -0.1) is 0 Å². The third-order valence-electron chi connectivity index (χ3n) is 4.33. The third kappa shape index (κ3) is 3.37. The molecule has 0 spiro atoms. The molecule has 0 aliphatic heterocycles. The summed E-state index contributed by atoms with van der Waals surface area (Å²) in [5, 5.41) is 3.71. The highest BCUT2D eigenvalue weighted by Gasteiger charge is 2.37. The van der Waals surface area contributed by atoms with Crippen molar-refractivity contribution >= 4 is 39.1 Å². The summed E-state index contributed by atoms with van der Waals surface area (Å²) >= 11 is 9.63. The van der Waals surface area contributed by atoms with Gasteiger partial charge in [0.15, 0.2) is 0 Å². The molecule has 1 atom stereocenters. The first-order valence-corrected chi connectivity index (χ1v) is 8.25. The number of rotatable bonds is 2. The Bertz CT molecular complexity index is 527. The molecular weight excluding hydrogens is 338 g/mol. The second-order valence-electron chi connectivity index (χ2n) is 6.36. The largest absolute Gasteiger partial charge is 0.325 e. The van der Waals surface area contributed by atoms with E-state index in [1.807, 2.05) is 19.1 Å². The smallest absolute Gasteiger partial charge is 0.228 e. The maximum absolute atomic E-state index is 12.6. The minimum atomic E-state index is 0.0724. The van der Waals surface area contributed by atoms with Crippen LogP contribution in [0.1, 0.15) is 45.1 Å². The van der Waals surface area contributed by atoms with Crippen molar-refractivity contribution in [3.63, 3.8) is 0 Å². The predicted octanol–water partition coefficient (Wildman–Crippen LogP) is 5.57. The third-order valence-corrected chi connectivity index (χ3v) is 5.39. The number of nitrogens with one attached hydrogen (secondary N) is 1. The lowest BCUT2D eigenvalue weighted by Crippen LogP contribution is -2.37. The standard InChI is InChI=1S/C16H21BrClNO/c1-10-8-12(17)14(9-13(10)18)19-15(20)11-6-4-5-7-16(11,2)3/h8-9,11H,4-7H2,1-3H3,(H,19,20). The highest BCUT2D eigenvalue weighted by Crippen LogP contribution is 2.41. The number of halogens is 2. The Hall–Kier alpha value is -0.540. The molecule has 1 fully saturated rings. The molecule has 110 valence electrons. The van der Waals surface area contributed by atoms with Crippen LogP contribution in [0.25, 0.3) is 0 Å². The summed E-state index contributed by atoms with van der Waals surface area (Å²) in [6.07, 6.45) is 4.44. The second-order valence-corrected chi connectivity index (χ2v) is 7.62. The molecule has 1 amide bonds. The van der Waals surface area contributed by atoms with E-state index >= 15 is 0 Å². The van der Waals surface area contributed by atoms with Gasteiger partial charge in [0, 0.05) is 15.4 Å². The minimum absolute atomic E-state index is 0.0724. The molecule has 1 saturated carbocycles. The monoisotopic (exact) mass is 357 g/mol. The lowest BCUT2D eigenvalue weighted by Gasteiger charge is -2.37. The number of carbonyl (C=O) groups is 1. The molecule has 0 bridgehead atoms. The maximum Gasteiger partial charge on any atom is 0.228 e. The molecule has 1 N–H and O–H groups in total. The van der Waals surface area contributed by atoms with E-state index in [2.05, 4.69) is 35.1 Å². The quantitative estimate of drug-likeness (QED) is 0.736. The van der Waals surface area contributed by atoms with Crippen molar-refractivity contribution in [2.45, 2.75) is 46.5 Å². The van der Waals surface area contributed by atoms with E-state index in [1.54, 1.807) is 0 Å². The average molecular weight is 359 g/mol. The first-order chi connectivity index (χ1) is 9.31. The summed E-state index contributed by atoms with van der Waals surface area (Å²) in [5.74, 6) is 0.179. The van der Waals surface area contributed by atoms with Crippen LogP contribution in [0, 0.1) is 18.3 Å². The molecule has 0 aromatic heterocycles. The maximum atomic E-state index is 12.6. The highest BCUT2D eigenvalue weighted by atomic mass is 79.9. The number of benzene rings is 1. The van der Waals surface area contributed by atoms with Crippen molar-refractivity contribution in [3.8, 4) is 0 Å². The fourth-order valence-corrected chi connectivity index (χ4v) is 3.66. The van der Waals surface area contributed by atoms with Crippen LogP contribution < -0.4 is 5.32 Å². The molecule has 1 aliphatic rings. The van der Waals surface area contributed by atoms with Crippen LogP contribution in [-0.4, -0.2) is 5.91 Å². The van der Waals surface area contributed by atoms with E-state index in [9.17, 15) is 4.79 Å². The molecule has 1 aromatic carbocycles. The zero-order valence-corrected chi connectivity index (χ0v) is 14.6. The predicted molar refractivity (Wildman–Crippen MR) is 88.3 cm³/mol. The Balaban J connectivity index is 2.17. The summed E-state index contributed by atoms with van der Waals surface area (Å²) in [4.78, 5) is 12.6. The van der Waals surface area contributed by atoms with Crippen molar-refractivity contribution in [1.29, 1.82) is 0 Å². The van der Waals surface area contributed by atoms with Gasteiger partial charge in [0.2, 0.25) is 5.91 Å². The summed E-state index contributed by atoms with van der Waals surface area (Å²) < 4.78 is 0.876. The summed E-state index contributed by atoms with van der Waals surface area (Å²) in [6.45, 7) is 6.32. The van der Waals surface area contributed by atoms with Gasteiger partial charge in [-0.1, -0.05) is 38.3 Å². The normalized spacial score (nSPS) is 21.6. The Morgan fingerprint density at radius 3 is 2.75 bits per heavy atom. The molecule has 1 aromatic rings. The van der Waals surface area contributed by atoms with Gasteiger partial charge >= 0.3 is 0 Å². The Morgan fingerprint density at radius 2 is 2.10 bits per heavy atom. The van der Waals surface area contributed by atoms with Gasteiger partial charge in [-0.25, -0.2) is 0 Å². The fourth-order valence-electron chi connectivity index (χ4n) is 2.94. The van der Waals surface area contributed by atoms with Gasteiger partial charge in [-0.05, 0) is 58.8 Å². The molecule has 1 unspecified atom stereocenters. The molecule has 0 heterocycles. The van der Waals surface area contributed by atoms with Crippen molar-refractivity contribution in [2.24, 2.45) is 11.3 Å². The van der Waals surface area contributed by atoms with Gasteiger partial charge in [0.25, 0.3) is 0 Å². The van der Waals surface area contributed by atoms with Gasteiger partial charge in [0.05, 0.1) is 5.69 Å². The SMILES string of the molecule is Cc1cc(Br)c(NC(=O)C2CCCCC2(C)C)cc1Cl. The van der Waals surface area contributed by atoms with E-state index in [1.165, 1.54) is 6.42 Å². The van der Waals surface area contributed by atoms with Crippen LogP contribution >= 0.6 is 27.5 Å². The number of hydrogen-bond acceptors (Lipinski definition) is 1. The van der Waals surface area contributed by atoms with Gasteiger partial charge in [0.1, 0.15) is 0 Å². The number of hydrogen-bond donors (Lipinski definition) is 1. The summed E-state index contributed by atoms with van der Waals surface area (Å²) in [5.41, 5.74) is 1.82. The minimum Gasteiger partial charge on any atom is -0.325 e. The average Bonchev–Trinajstić information content (AvgIpc) is 2.35. The first kappa shape index (κ1) is 15.8. The number of aryl methyl sites for hydroxylation is 1. The van der Waals surface area contributed by atoms with Crippen LogP contribution in [0.3, 0.4) is 0 Å². The summed E-state index contributed by atoms with van der Waals surface area (Å²) in [6, 6.07) is 3.75. The van der Waals surface area contributed by atoms with Crippen LogP contribution in [0.5, 0.6) is 0 Å². The van der Waals surface area contributed by atoms with E-state index in [4.69, 9.17) is 11.6 Å². The topological polar surface area (TPSA) is 29.1 Å². The van der Waals surface area contributed by atoms with Crippen molar-refractivity contribution in [3.05, 3.63) is 27.2 Å². The first-order valence-electron chi connectivity index (χ1n) is 7.08. The Labute approximate surface area is 134 Å². The molecular formula is C16H21BrClNO. The van der Waals surface area contributed by atoms with Crippen molar-refractivity contribution in [2.75, 3.05) is 5.32 Å². The molecule has 0 radical (unpaired) electrons. The van der Waals surface area contributed by atoms with Gasteiger partial charge < -0.3 is 5.32 Å². The number of anilines is 1. The van der Waals surface area contributed by atoms with E-state index in [-0.39, 0.29) is 17.2 Å². The van der Waals surface area contributed by atoms with E-state index in [0.29, 0.717) is 5.02 Å².